The van der Waals surface area contributed by atoms with Gasteiger partial charge in [0.1, 0.15) is 0 Å². The molecular weight excluding hydrogens is 1030 g/mol. The highest BCUT2D eigenvalue weighted by Gasteiger charge is 2.59. The maximum atomic E-state index is 6.10. The van der Waals surface area contributed by atoms with Crippen LogP contribution in [0.5, 0.6) is 0 Å². The van der Waals surface area contributed by atoms with Gasteiger partial charge in [0.25, 0.3) is 6.71 Å². The molecule has 1 aromatic heterocycles. The van der Waals surface area contributed by atoms with Crippen LogP contribution in [-0.2, 0) is 16.2 Å². The van der Waals surface area contributed by atoms with Crippen molar-refractivity contribution in [3.63, 3.8) is 0 Å². The second kappa shape index (κ2) is 16.6. The lowest BCUT2D eigenvalue weighted by molar-refractivity contribution is 0.578. The lowest BCUT2D eigenvalue weighted by Crippen LogP contribution is -2.63. The third kappa shape index (κ3) is 5.73. The van der Waals surface area contributed by atoms with E-state index in [4.69, 9.17) is 4.98 Å². The van der Waals surface area contributed by atoms with Crippen LogP contribution in [0.2, 0.25) is 0 Å². The molecule has 0 unspecified atom stereocenters. The summed E-state index contributed by atoms with van der Waals surface area (Å²) in [7, 11) is 0. The quantitative estimate of drug-likeness (QED) is 0.127. The van der Waals surface area contributed by atoms with E-state index < -0.39 is 10.8 Å². The van der Waals surface area contributed by atoms with Crippen molar-refractivity contribution in [1.29, 1.82) is 0 Å². The first-order valence-electron chi connectivity index (χ1n) is 29.9. The van der Waals surface area contributed by atoms with Crippen LogP contribution in [0.15, 0.2) is 273 Å². The first-order chi connectivity index (χ1) is 41.9. The third-order valence-electron chi connectivity index (χ3n) is 19.8. The second-order valence-corrected chi connectivity index (χ2v) is 24.8. The number of fused-ring (bicyclic) bond motifs is 24. The topological polar surface area (TPSA) is 25.9 Å². The van der Waals surface area contributed by atoms with Crippen LogP contribution >= 0.6 is 0 Å². The standard InChI is InChI=1S/C79H54BN5/c1-77(2,3)76-52-31-11-10-30-51(52)53-48-70-71-75(72(53)81-76)85-69-47-23-17-37-59(69)79(56-34-14-20-44-66(56)83(50-28-8-5-9-29-50)67-45-21-15-35-57(67)79)61-39-25-41-63(74(61)85)80(71)62-40-24-38-60-73(62)84(70)68-46-22-16-36-58(68)78(60)54-32-12-18-42-64(54)82(49-26-6-4-7-27-49)65-43-19-13-33-55(65)78/h4-48H,1-3H3. The van der Waals surface area contributed by atoms with Gasteiger partial charge < -0.3 is 19.6 Å². The minimum absolute atomic E-state index is 0.187. The molecule has 2 spiro atoms. The van der Waals surface area contributed by atoms with Crippen LogP contribution in [-0.4, -0.2) is 11.7 Å². The van der Waals surface area contributed by atoms with Gasteiger partial charge in [0.05, 0.1) is 61.9 Å². The summed E-state index contributed by atoms with van der Waals surface area (Å²) in [5.74, 6) is 0. The fourth-order valence-corrected chi connectivity index (χ4v) is 16.9. The highest BCUT2D eigenvalue weighted by atomic mass is 15.2. The minimum Gasteiger partial charge on any atom is -0.311 e. The highest BCUT2D eigenvalue weighted by Crippen LogP contribution is 2.68. The predicted molar refractivity (Wildman–Crippen MR) is 352 cm³/mol. The summed E-state index contributed by atoms with van der Waals surface area (Å²) in [6.07, 6.45) is 0. The Kier molecular flexibility index (Phi) is 9.23. The molecule has 6 aliphatic rings. The Morgan fingerprint density at radius 3 is 1.09 bits per heavy atom. The average Bonchev–Trinajstić information content (AvgIpc) is 0.685. The normalized spacial score (nSPS) is 15.3. The Labute approximate surface area is 495 Å². The van der Waals surface area contributed by atoms with E-state index in [1.807, 2.05) is 0 Å². The van der Waals surface area contributed by atoms with Crippen molar-refractivity contribution in [3.05, 3.63) is 323 Å². The number of para-hydroxylation sites is 10. The summed E-state index contributed by atoms with van der Waals surface area (Å²) in [4.78, 5) is 16.4. The zero-order valence-electron chi connectivity index (χ0n) is 47.3. The summed E-state index contributed by atoms with van der Waals surface area (Å²) in [6.45, 7) is 6.78. The van der Waals surface area contributed by atoms with Crippen molar-refractivity contribution >= 4 is 113 Å². The number of anilines is 12. The summed E-state index contributed by atoms with van der Waals surface area (Å²) in [5.41, 5.74) is 28.5. The predicted octanol–water partition coefficient (Wildman–Crippen LogP) is 17.7. The van der Waals surface area contributed by atoms with Crippen molar-refractivity contribution in [1.82, 2.24) is 4.98 Å². The van der Waals surface area contributed by atoms with E-state index in [0.717, 1.165) is 39.3 Å². The van der Waals surface area contributed by atoms with Crippen LogP contribution in [0.4, 0.5) is 68.2 Å². The average molecular weight is 1080 g/mol. The molecule has 12 aromatic carbocycles. The van der Waals surface area contributed by atoms with Crippen LogP contribution < -0.4 is 36.0 Å². The Morgan fingerprint density at radius 2 is 0.659 bits per heavy atom. The molecular formula is C79H54BN5. The van der Waals surface area contributed by atoms with Gasteiger partial charge in [-0.05, 0) is 133 Å². The van der Waals surface area contributed by atoms with Gasteiger partial charge in [0, 0.05) is 44.6 Å². The van der Waals surface area contributed by atoms with Gasteiger partial charge in [-0.2, -0.15) is 0 Å². The molecule has 5 nitrogen and oxygen atoms in total. The molecule has 0 atom stereocenters. The van der Waals surface area contributed by atoms with E-state index in [-0.39, 0.29) is 12.1 Å². The van der Waals surface area contributed by atoms with Gasteiger partial charge >= 0.3 is 0 Å². The SMILES string of the molecule is CC(C)(C)c1nc2c3c4c(cc2c2ccccc12)N1c2ccccc2C2(c5ccccc5N(c5ccccc5)c5ccccc52)c2cccc(c21)B4c1cccc2c1N3c1ccccc1C21c2ccccc2N(c2ccccc2)c2ccccc21. The van der Waals surface area contributed by atoms with E-state index in [1.165, 1.54) is 117 Å². The molecule has 85 heavy (non-hydrogen) atoms. The molecule has 0 N–H and O–H groups in total. The summed E-state index contributed by atoms with van der Waals surface area (Å²) < 4.78 is 0. The zero-order valence-corrected chi connectivity index (χ0v) is 47.3. The number of hydrogen-bond donors (Lipinski definition) is 0. The van der Waals surface area contributed by atoms with Crippen LogP contribution in [0, 0.1) is 0 Å². The lowest BCUT2D eigenvalue weighted by atomic mass is 9.32. The minimum atomic E-state index is -0.724. The maximum Gasteiger partial charge on any atom is 0.252 e. The number of hydrogen-bond acceptors (Lipinski definition) is 5. The molecule has 0 bridgehead atoms. The van der Waals surface area contributed by atoms with E-state index >= 15 is 0 Å². The molecule has 0 aliphatic carbocycles. The van der Waals surface area contributed by atoms with E-state index in [0.29, 0.717) is 0 Å². The van der Waals surface area contributed by atoms with Gasteiger partial charge in [-0.25, -0.2) is 4.98 Å². The van der Waals surface area contributed by atoms with Crippen molar-refractivity contribution < 1.29 is 0 Å². The molecule has 0 saturated heterocycles. The van der Waals surface area contributed by atoms with Gasteiger partial charge in [0.15, 0.2) is 0 Å². The number of rotatable bonds is 2. The molecule has 0 fully saturated rings. The van der Waals surface area contributed by atoms with E-state index in [2.05, 4.69) is 313 Å². The molecule has 6 heteroatoms. The molecule has 398 valence electrons. The summed E-state index contributed by atoms with van der Waals surface area (Å²) in [5, 5.41) is 3.54. The number of benzene rings is 12. The monoisotopic (exact) mass is 1080 g/mol. The van der Waals surface area contributed by atoms with Crippen molar-refractivity contribution in [3.8, 4) is 0 Å². The fourth-order valence-electron chi connectivity index (χ4n) is 16.9. The summed E-state index contributed by atoms with van der Waals surface area (Å²) in [6, 6.07) is 103. The van der Waals surface area contributed by atoms with Gasteiger partial charge in [-0.3, -0.25) is 0 Å². The Bertz CT molecular complexity index is 4960. The van der Waals surface area contributed by atoms with Crippen molar-refractivity contribution in [2.75, 3.05) is 19.6 Å². The molecule has 0 saturated carbocycles. The maximum absolute atomic E-state index is 6.10. The zero-order chi connectivity index (χ0) is 56.1. The molecule has 13 aromatic rings. The molecule has 6 aliphatic heterocycles. The first kappa shape index (κ1) is 47.1. The van der Waals surface area contributed by atoms with Crippen LogP contribution in [0.1, 0.15) is 71.0 Å². The van der Waals surface area contributed by atoms with Gasteiger partial charge in [-0.1, -0.05) is 227 Å². The lowest BCUT2D eigenvalue weighted by Gasteiger charge is -2.56. The molecule has 19 rings (SSSR count). The molecule has 7 heterocycles. The van der Waals surface area contributed by atoms with Crippen molar-refractivity contribution in [2.24, 2.45) is 0 Å². The van der Waals surface area contributed by atoms with Gasteiger partial charge in [0.2, 0.25) is 0 Å². The number of nitrogens with zero attached hydrogens (tertiary/aromatic N) is 5. The fraction of sp³-hybridized carbons (Fsp3) is 0.0759. The Morgan fingerprint density at radius 1 is 0.306 bits per heavy atom. The Hall–Kier alpha value is -10.4. The van der Waals surface area contributed by atoms with E-state index in [9.17, 15) is 0 Å². The smallest absolute Gasteiger partial charge is 0.252 e. The molecule has 0 radical (unpaired) electrons. The Balaban J connectivity index is 0.983. The van der Waals surface area contributed by atoms with Crippen LogP contribution in [0.25, 0.3) is 21.7 Å². The number of aromatic nitrogens is 1. The largest absolute Gasteiger partial charge is 0.311 e. The van der Waals surface area contributed by atoms with Crippen molar-refractivity contribution in [2.45, 2.75) is 37.0 Å². The van der Waals surface area contributed by atoms with Gasteiger partial charge in [-0.15, -0.1) is 0 Å². The second-order valence-electron chi connectivity index (χ2n) is 24.8. The number of pyridine rings is 1. The highest BCUT2D eigenvalue weighted by molar-refractivity contribution is 7.00. The first-order valence-corrected chi connectivity index (χ1v) is 29.9. The third-order valence-corrected chi connectivity index (χ3v) is 19.8. The summed E-state index contributed by atoms with van der Waals surface area (Å²) >= 11 is 0. The van der Waals surface area contributed by atoms with E-state index in [1.54, 1.807) is 0 Å². The molecule has 0 amide bonds. The van der Waals surface area contributed by atoms with Crippen LogP contribution in [0.3, 0.4) is 0 Å².